The van der Waals surface area contributed by atoms with Gasteiger partial charge in [0.05, 0.1) is 5.52 Å². The fourth-order valence-electron chi connectivity index (χ4n) is 2.17. The van der Waals surface area contributed by atoms with Gasteiger partial charge in [-0.1, -0.05) is 6.07 Å². The molecule has 0 aliphatic rings. The maximum atomic E-state index is 13.6. The lowest BCUT2D eigenvalue weighted by molar-refractivity contribution is 0.102. The number of para-hydroxylation sites is 1. The van der Waals surface area contributed by atoms with Crippen LogP contribution in [0, 0.1) is 12.7 Å². The maximum Gasteiger partial charge on any atom is 0.262 e. The highest BCUT2D eigenvalue weighted by Gasteiger charge is 2.15. The molecule has 0 radical (unpaired) electrons. The normalized spacial score (nSPS) is 10.6. The lowest BCUT2D eigenvalue weighted by Gasteiger charge is -2.06. The van der Waals surface area contributed by atoms with E-state index in [2.05, 4.69) is 15.3 Å². The Morgan fingerprint density at radius 2 is 2.14 bits per heavy atom. The molecule has 0 aliphatic heterocycles. The molecule has 22 heavy (non-hydrogen) atoms. The van der Waals surface area contributed by atoms with Crippen molar-refractivity contribution in [1.82, 2.24) is 9.97 Å². The van der Waals surface area contributed by atoms with E-state index in [0.29, 0.717) is 5.82 Å². The average molecular weight is 297 g/mol. The van der Waals surface area contributed by atoms with E-state index in [4.69, 9.17) is 0 Å². The van der Waals surface area contributed by atoms with Gasteiger partial charge < -0.3 is 10.3 Å². The van der Waals surface area contributed by atoms with Crippen molar-refractivity contribution in [3.63, 3.8) is 0 Å². The summed E-state index contributed by atoms with van der Waals surface area (Å²) in [6.45, 7) is 1.86. The van der Waals surface area contributed by atoms with Crippen LogP contribution in [0.15, 0.2) is 47.5 Å². The molecule has 0 fully saturated rings. The van der Waals surface area contributed by atoms with Crippen LogP contribution >= 0.6 is 0 Å². The third kappa shape index (κ3) is 2.46. The molecule has 5 nitrogen and oxygen atoms in total. The van der Waals surface area contributed by atoms with Crippen molar-refractivity contribution < 1.29 is 9.18 Å². The first kappa shape index (κ1) is 13.9. The van der Waals surface area contributed by atoms with Gasteiger partial charge in [-0.2, -0.15) is 0 Å². The van der Waals surface area contributed by atoms with Crippen LogP contribution in [-0.2, 0) is 0 Å². The molecule has 3 rings (SSSR count). The van der Waals surface area contributed by atoms with E-state index in [1.165, 1.54) is 24.4 Å². The number of pyridine rings is 2. The van der Waals surface area contributed by atoms with E-state index in [-0.39, 0.29) is 16.5 Å². The third-order valence-corrected chi connectivity index (χ3v) is 3.27. The summed E-state index contributed by atoms with van der Waals surface area (Å²) in [7, 11) is 0. The first-order chi connectivity index (χ1) is 10.6. The second-order valence-electron chi connectivity index (χ2n) is 4.87. The van der Waals surface area contributed by atoms with E-state index < -0.39 is 17.2 Å². The molecule has 2 N–H and O–H groups in total. The highest BCUT2D eigenvalue weighted by molar-refractivity contribution is 6.05. The number of rotatable bonds is 2. The number of aromatic amines is 1. The Labute approximate surface area is 124 Å². The van der Waals surface area contributed by atoms with E-state index >= 15 is 0 Å². The van der Waals surface area contributed by atoms with E-state index in [1.54, 1.807) is 18.3 Å². The minimum Gasteiger partial charge on any atom is -0.358 e. The van der Waals surface area contributed by atoms with Gasteiger partial charge >= 0.3 is 0 Å². The molecule has 6 heteroatoms. The predicted octanol–water partition coefficient (Wildman–Crippen LogP) is 2.62. The molecule has 0 bridgehead atoms. The Balaban J connectivity index is 2.01. The van der Waals surface area contributed by atoms with Crippen LogP contribution < -0.4 is 10.7 Å². The van der Waals surface area contributed by atoms with E-state index in [1.807, 2.05) is 6.92 Å². The first-order valence-electron chi connectivity index (χ1n) is 6.60. The SMILES string of the molecule is Cc1ccnc(NC(=O)c2c[nH]c3c(F)cccc3c2=O)c1. The fraction of sp³-hybridized carbons (Fsp3) is 0.0625. The Kier molecular flexibility index (Phi) is 3.42. The number of hydrogen-bond acceptors (Lipinski definition) is 3. The minimum atomic E-state index is -0.592. The van der Waals surface area contributed by atoms with Crippen molar-refractivity contribution in [3.8, 4) is 0 Å². The summed E-state index contributed by atoms with van der Waals surface area (Å²) < 4.78 is 13.6. The number of aromatic nitrogens is 2. The summed E-state index contributed by atoms with van der Waals surface area (Å²) in [6.07, 6.45) is 2.77. The van der Waals surface area contributed by atoms with E-state index in [0.717, 1.165) is 5.56 Å². The molecule has 110 valence electrons. The number of carbonyl (C=O) groups excluding carboxylic acids is 1. The largest absolute Gasteiger partial charge is 0.358 e. The Bertz CT molecular complexity index is 934. The second kappa shape index (κ2) is 5.40. The standard InChI is InChI=1S/C16H12FN3O2/c1-9-5-6-18-13(7-9)20-16(22)11-8-19-14-10(15(11)21)3-2-4-12(14)17/h2-8H,1H3,(H,19,21)(H,18,20,22). The molecular formula is C16H12FN3O2. The molecule has 0 saturated carbocycles. The minimum absolute atomic E-state index is 0.0812. The zero-order chi connectivity index (χ0) is 15.7. The molecule has 2 aromatic heterocycles. The molecule has 1 aromatic carbocycles. The van der Waals surface area contributed by atoms with Gasteiger partial charge in [-0.15, -0.1) is 0 Å². The van der Waals surface area contributed by atoms with Crippen LogP contribution in [0.25, 0.3) is 10.9 Å². The Morgan fingerprint density at radius 1 is 1.32 bits per heavy atom. The van der Waals surface area contributed by atoms with Crippen molar-refractivity contribution >= 4 is 22.6 Å². The fourth-order valence-corrected chi connectivity index (χ4v) is 2.17. The molecule has 0 atom stereocenters. The number of H-pyrrole nitrogens is 1. The number of halogens is 1. The number of carbonyl (C=O) groups is 1. The van der Waals surface area contributed by atoms with Crippen molar-refractivity contribution in [1.29, 1.82) is 0 Å². The van der Waals surface area contributed by atoms with Gasteiger partial charge in [-0.3, -0.25) is 9.59 Å². The molecule has 2 heterocycles. The quantitative estimate of drug-likeness (QED) is 0.763. The van der Waals surface area contributed by atoms with Gasteiger partial charge in [0.25, 0.3) is 5.91 Å². The van der Waals surface area contributed by atoms with Gasteiger partial charge in [0.1, 0.15) is 17.2 Å². The van der Waals surface area contributed by atoms with Crippen molar-refractivity contribution in [2.24, 2.45) is 0 Å². The summed E-state index contributed by atoms with van der Waals surface area (Å²) in [5.74, 6) is -0.781. The van der Waals surface area contributed by atoms with Crippen LogP contribution in [-0.4, -0.2) is 15.9 Å². The number of aryl methyl sites for hydroxylation is 1. The molecule has 0 spiro atoms. The Hall–Kier alpha value is -3.02. The first-order valence-corrected chi connectivity index (χ1v) is 6.60. The maximum absolute atomic E-state index is 13.6. The number of nitrogens with one attached hydrogen (secondary N) is 2. The van der Waals surface area contributed by atoms with Gasteiger partial charge in [-0.25, -0.2) is 9.37 Å². The summed E-state index contributed by atoms with van der Waals surface area (Å²) in [5.41, 5.74) is 0.386. The number of nitrogens with zero attached hydrogens (tertiary/aromatic N) is 1. The smallest absolute Gasteiger partial charge is 0.262 e. The summed E-state index contributed by atoms with van der Waals surface area (Å²) in [5, 5.41) is 2.68. The molecular weight excluding hydrogens is 285 g/mol. The van der Waals surface area contributed by atoms with Crippen LogP contribution in [0.1, 0.15) is 15.9 Å². The lowest BCUT2D eigenvalue weighted by Crippen LogP contribution is -2.22. The Morgan fingerprint density at radius 3 is 2.91 bits per heavy atom. The van der Waals surface area contributed by atoms with Gasteiger partial charge in [0.15, 0.2) is 0 Å². The highest BCUT2D eigenvalue weighted by atomic mass is 19.1. The van der Waals surface area contributed by atoms with Crippen LogP contribution in [0.3, 0.4) is 0 Å². The highest BCUT2D eigenvalue weighted by Crippen LogP contribution is 2.13. The number of amides is 1. The zero-order valence-corrected chi connectivity index (χ0v) is 11.7. The molecule has 1 amide bonds. The number of anilines is 1. The molecule has 0 aliphatic carbocycles. The predicted molar refractivity (Wildman–Crippen MR) is 81.5 cm³/mol. The van der Waals surface area contributed by atoms with Gasteiger partial charge in [-0.05, 0) is 36.8 Å². The topological polar surface area (TPSA) is 74.8 Å². The van der Waals surface area contributed by atoms with Crippen molar-refractivity contribution in [3.05, 3.63) is 69.9 Å². The van der Waals surface area contributed by atoms with Crippen LogP contribution in [0.2, 0.25) is 0 Å². The van der Waals surface area contributed by atoms with E-state index in [9.17, 15) is 14.0 Å². The number of benzene rings is 1. The van der Waals surface area contributed by atoms with Crippen LogP contribution in [0.5, 0.6) is 0 Å². The van der Waals surface area contributed by atoms with Crippen molar-refractivity contribution in [2.45, 2.75) is 6.92 Å². The summed E-state index contributed by atoms with van der Waals surface area (Å²) in [4.78, 5) is 31.2. The molecule has 3 aromatic rings. The van der Waals surface area contributed by atoms with Crippen molar-refractivity contribution in [2.75, 3.05) is 5.32 Å². The molecule has 0 unspecified atom stereocenters. The summed E-state index contributed by atoms with van der Waals surface area (Å²) >= 11 is 0. The lowest BCUT2D eigenvalue weighted by atomic mass is 10.1. The number of fused-ring (bicyclic) bond motifs is 1. The molecule has 0 saturated heterocycles. The number of hydrogen-bond donors (Lipinski definition) is 2. The second-order valence-corrected chi connectivity index (χ2v) is 4.87. The monoisotopic (exact) mass is 297 g/mol. The van der Waals surface area contributed by atoms with Gasteiger partial charge in [0.2, 0.25) is 5.43 Å². The van der Waals surface area contributed by atoms with Crippen LogP contribution in [0.4, 0.5) is 10.2 Å². The van der Waals surface area contributed by atoms with Gasteiger partial charge in [0, 0.05) is 17.8 Å². The summed E-state index contributed by atoms with van der Waals surface area (Å²) in [6, 6.07) is 7.62. The third-order valence-electron chi connectivity index (χ3n) is 3.27. The average Bonchev–Trinajstić information content (AvgIpc) is 2.48. The zero-order valence-electron chi connectivity index (χ0n) is 11.7.